The van der Waals surface area contributed by atoms with Crippen molar-refractivity contribution in [2.24, 2.45) is 7.05 Å². The summed E-state index contributed by atoms with van der Waals surface area (Å²) in [6.45, 7) is 3.87. The highest BCUT2D eigenvalue weighted by Gasteiger charge is 2.36. The maximum Gasteiger partial charge on any atom is 0.350 e. The topological polar surface area (TPSA) is 103 Å². The minimum Gasteiger partial charge on any atom is -0.360 e. The summed E-state index contributed by atoms with van der Waals surface area (Å²) >= 11 is 0. The van der Waals surface area contributed by atoms with Crippen LogP contribution < -0.4 is 5.69 Å². The molecule has 3 aromatic rings. The van der Waals surface area contributed by atoms with E-state index in [0.717, 1.165) is 6.42 Å². The van der Waals surface area contributed by atoms with Crippen LogP contribution in [-0.4, -0.2) is 45.3 Å². The Hall–Kier alpha value is -2.72. The zero-order chi connectivity index (χ0) is 20.8. The number of rotatable bonds is 4. The second-order valence-corrected chi connectivity index (χ2v) is 9.17. The molecule has 3 heterocycles. The van der Waals surface area contributed by atoms with E-state index < -0.39 is 10.0 Å². The molecule has 29 heavy (non-hydrogen) atoms. The highest BCUT2D eigenvalue weighted by atomic mass is 32.2. The van der Waals surface area contributed by atoms with E-state index in [1.54, 1.807) is 25.5 Å². The van der Waals surface area contributed by atoms with Crippen molar-refractivity contribution in [1.82, 2.24) is 23.8 Å². The number of nitrogens with zero attached hydrogens (tertiary/aromatic N) is 5. The summed E-state index contributed by atoms with van der Waals surface area (Å²) in [7, 11) is -2.14. The number of aromatic nitrogens is 4. The maximum atomic E-state index is 13.2. The molecule has 1 aliphatic rings. The van der Waals surface area contributed by atoms with Crippen molar-refractivity contribution in [1.29, 1.82) is 0 Å². The molecule has 1 atom stereocenters. The summed E-state index contributed by atoms with van der Waals surface area (Å²) in [5.74, 6) is 0.652. The fourth-order valence-electron chi connectivity index (χ4n) is 3.91. The maximum absolute atomic E-state index is 13.2. The highest BCUT2D eigenvalue weighted by Crippen LogP contribution is 2.31. The average molecular weight is 417 g/mol. The number of benzene rings is 1. The number of aryl methyl sites for hydroxylation is 3. The molecule has 10 heteroatoms. The predicted octanol–water partition coefficient (Wildman–Crippen LogP) is 1.74. The Balaban J connectivity index is 1.72. The van der Waals surface area contributed by atoms with E-state index in [9.17, 15) is 13.2 Å². The van der Waals surface area contributed by atoms with Gasteiger partial charge >= 0.3 is 5.69 Å². The third-order valence-corrected chi connectivity index (χ3v) is 7.39. The lowest BCUT2D eigenvalue weighted by Crippen LogP contribution is -2.40. The van der Waals surface area contributed by atoms with Crippen LogP contribution in [0.15, 0.2) is 44.5 Å². The standard InChI is InChI=1S/C19H23N5O4S/c1-13-17(14(2)28-21-13)29(26,27)23-11-7-8-15(12-23)18-20-22(3)19(25)24(18)16-9-5-4-6-10-16/h4-6,9-10,15H,7-8,11-12H2,1-3H3. The van der Waals surface area contributed by atoms with Crippen LogP contribution in [-0.2, 0) is 17.1 Å². The molecule has 0 amide bonds. The van der Waals surface area contributed by atoms with Gasteiger partial charge in [0.05, 0.1) is 5.69 Å². The Kier molecular flexibility index (Phi) is 4.91. The normalized spacial score (nSPS) is 18.2. The van der Waals surface area contributed by atoms with Gasteiger partial charge in [-0.25, -0.2) is 22.5 Å². The van der Waals surface area contributed by atoms with Crippen LogP contribution >= 0.6 is 0 Å². The van der Waals surface area contributed by atoms with Crippen LogP contribution in [0.4, 0.5) is 0 Å². The molecule has 154 valence electrons. The largest absolute Gasteiger partial charge is 0.360 e. The molecule has 0 N–H and O–H groups in total. The predicted molar refractivity (Wildman–Crippen MR) is 106 cm³/mol. The third-order valence-electron chi connectivity index (χ3n) is 5.28. The van der Waals surface area contributed by atoms with Gasteiger partial charge in [0.2, 0.25) is 10.0 Å². The first-order valence-electron chi connectivity index (χ1n) is 9.45. The smallest absolute Gasteiger partial charge is 0.350 e. The van der Waals surface area contributed by atoms with Gasteiger partial charge in [0.25, 0.3) is 0 Å². The van der Waals surface area contributed by atoms with E-state index in [0.29, 0.717) is 30.2 Å². The van der Waals surface area contributed by atoms with Crippen molar-refractivity contribution in [2.75, 3.05) is 13.1 Å². The monoisotopic (exact) mass is 417 g/mol. The fourth-order valence-corrected chi connectivity index (χ4v) is 5.73. The van der Waals surface area contributed by atoms with E-state index in [4.69, 9.17) is 4.52 Å². The minimum atomic E-state index is -3.75. The zero-order valence-corrected chi connectivity index (χ0v) is 17.4. The number of hydrogen-bond acceptors (Lipinski definition) is 6. The summed E-state index contributed by atoms with van der Waals surface area (Å²) in [6.07, 6.45) is 1.42. The Labute approximate surface area is 168 Å². The molecular weight excluding hydrogens is 394 g/mol. The SMILES string of the molecule is Cc1noc(C)c1S(=O)(=O)N1CCCC(c2nn(C)c(=O)n2-c2ccccc2)C1. The van der Waals surface area contributed by atoms with Crippen molar-refractivity contribution < 1.29 is 12.9 Å². The van der Waals surface area contributed by atoms with E-state index >= 15 is 0 Å². The molecule has 0 saturated carbocycles. The van der Waals surface area contributed by atoms with Gasteiger partial charge in [0.15, 0.2) is 5.76 Å². The van der Waals surface area contributed by atoms with Crippen LogP contribution in [0.2, 0.25) is 0 Å². The van der Waals surface area contributed by atoms with Crippen LogP contribution in [0.5, 0.6) is 0 Å². The molecule has 1 aromatic carbocycles. The summed E-state index contributed by atoms with van der Waals surface area (Å²) in [4.78, 5) is 12.8. The zero-order valence-electron chi connectivity index (χ0n) is 16.6. The Morgan fingerprint density at radius 2 is 1.90 bits per heavy atom. The third kappa shape index (κ3) is 3.32. The molecule has 1 aliphatic heterocycles. The summed E-state index contributed by atoms with van der Waals surface area (Å²) in [5, 5.41) is 8.22. The molecule has 1 saturated heterocycles. The lowest BCUT2D eigenvalue weighted by Gasteiger charge is -2.31. The highest BCUT2D eigenvalue weighted by molar-refractivity contribution is 7.89. The van der Waals surface area contributed by atoms with Gasteiger partial charge in [-0.3, -0.25) is 0 Å². The molecule has 0 radical (unpaired) electrons. The van der Waals surface area contributed by atoms with Gasteiger partial charge in [0.1, 0.15) is 16.4 Å². The second kappa shape index (κ2) is 7.27. The lowest BCUT2D eigenvalue weighted by molar-refractivity contribution is 0.306. The summed E-state index contributed by atoms with van der Waals surface area (Å²) in [6, 6.07) is 9.27. The number of hydrogen-bond donors (Lipinski definition) is 0. The lowest BCUT2D eigenvalue weighted by atomic mass is 9.98. The van der Waals surface area contributed by atoms with Crippen LogP contribution in [0, 0.1) is 13.8 Å². The summed E-state index contributed by atoms with van der Waals surface area (Å²) < 4.78 is 35.8. The van der Waals surface area contributed by atoms with Gasteiger partial charge < -0.3 is 4.52 Å². The van der Waals surface area contributed by atoms with Crippen molar-refractivity contribution in [3.63, 3.8) is 0 Å². The van der Waals surface area contributed by atoms with Crippen molar-refractivity contribution >= 4 is 10.0 Å². The second-order valence-electron chi connectivity index (χ2n) is 7.29. The van der Waals surface area contributed by atoms with Crippen molar-refractivity contribution in [2.45, 2.75) is 37.5 Å². The van der Waals surface area contributed by atoms with Gasteiger partial charge in [-0.05, 0) is 38.8 Å². The van der Waals surface area contributed by atoms with Gasteiger partial charge in [0, 0.05) is 26.1 Å². The van der Waals surface area contributed by atoms with E-state index in [2.05, 4.69) is 10.3 Å². The average Bonchev–Trinajstić information content (AvgIpc) is 3.21. The van der Waals surface area contributed by atoms with Gasteiger partial charge in [-0.1, -0.05) is 23.4 Å². The van der Waals surface area contributed by atoms with Crippen LogP contribution in [0.25, 0.3) is 5.69 Å². The minimum absolute atomic E-state index is 0.125. The van der Waals surface area contributed by atoms with Crippen molar-refractivity contribution in [3.05, 3.63) is 58.1 Å². The molecule has 0 aliphatic carbocycles. The molecule has 9 nitrogen and oxygen atoms in total. The number of para-hydroxylation sites is 1. The van der Waals surface area contributed by atoms with E-state index in [1.807, 2.05) is 30.3 Å². The number of sulfonamides is 1. The van der Waals surface area contributed by atoms with E-state index in [-0.39, 0.29) is 28.8 Å². The summed E-state index contributed by atoms with van der Waals surface area (Å²) in [5.41, 5.74) is 0.812. The van der Waals surface area contributed by atoms with Gasteiger partial charge in [-0.2, -0.15) is 9.40 Å². The Morgan fingerprint density at radius 1 is 1.17 bits per heavy atom. The Morgan fingerprint density at radius 3 is 2.55 bits per heavy atom. The molecule has 4 rings (SSSR count). The first kappa shape index (κ1) is 19.6. The quantitative estimate of drug-likeness (QED) is 0.641. The number of piperidine rings is 1. The fraction of sp³-hybridized carbons (Fsp3) is 0.421. The first-order valence-corrected chi connectivity index (χ1v) is 10.9. The van der Waals surface area contributed by atoms with Crippen LogP contribution in [0.1, 0.15) is 36.0 Å². The van der Waals surface area contributed by atoms with E-state index in [1.165, 1.54) is 8.99 Å². The van der Waals surface area contributed by atoms with Crippen LogP contribution in [0.3, 0.4) is 0 Å². The van der Waals surface area contributed by atoms with Gasteiger partial charge in [-0.15, -0.1) is 0 Å². The molecule has 2 aromatic heterocycles. The van der Waals surface area contributed by atoms with Crippen molar-refractivity contribution in [3.8, 4) is 5.69 Å². The molecule has 0 bridgehead atoms. The molecular formula is C19H23N5O4S. The Bertz CT molecular complexity index is 1170. The first-order chi connectivity index (χ1) is 13.8. The molecule has 1 fully saturated rings. The molecule has 1 unspecified atom stereocenters. The molecule has 0 spiro atoms.